The topological polar surface area (TPSA) is 95.2 Å². The van der Waals surface area contributed by atoms with Crippen molar-refractivity contribution in [2.75, 3.05) is 0 Å². The van der Waals surface area contributed by atoms with Gasteiger partial charge >= 0.3 is 0 Å². The molecule has 0 aromatic rings. The molecule has 3 N–H and O–H groups in total. The minimum atomic E-state index is -2.49. The van der Waals surface area contributed by atoms with Gasteiger partial charge < -0.3 is 10.3 Å². The Kier molecular flexibility index (Phi) is 3.78. The first-order chi connectivity index (χ1) is 4.04. The van der Waals surface area contributed by atoms with Gasteiger partial charge in [0.1, 0.15) is 5.37 Å². The Morgan fingerprint density at radius 2 is 2.33 bits per heavy atom. The molecule has 0 saturated heterocycles. The van der Waals surface area contributed by atoms with Crippen molar-refractivity contribution in [2.24, 2.45) is 5.73 Å². The van der Waals surface area contributed by atoms with E-state index in [1.54, 1.807) is 4.72 Å². The summed E-state index contributed by atoms with van der Waals surface area (Å²) < 4.78 is 21.2. The van der Waals surface area contributed by atoms with Crippen molar-refractivity contribution < 1.29 is 13.6 Å². The van der Waals surface area contributed by atoms with Crippen molar-refractivity contribution >= 4 is 29.8 Å². The summed E-state index contributed by atoms with van der Waals surface area (Å²) in [5.41, 5.74) is 4.63. The van der Waals surface area contributed by atoms with Crippen LogP contribution in [0, 0.1) is 0 Å². The predicted molar refractivity (Wildman–Crippen MR) is 34.0 cm³/mol. The van der Waals surface area contributed by atoms with E-state index >= 15 is 0 Å². The van der Waals surface area contributed by atoms with E-state index < -0.39 is 22.5 Å². The zero-order valence-electron chi connectivity index (χ0n) is 4.23. The molecule has 0 heterocycles. The molecule has 54 valence electrons. The van der Waals surface area contributed by atoms with Gasteiger partial charge in [-0.2, -0.15) is 0 Å². The molecule has 0 rings (SSSR count). The molecule has 0 bridgehead atoms. The van der Waals surface area contributed by atoms with Crippen LogP contribution in [0.2, 0.25) is 0 Å². The molecule has 7 heteroatoms. The Morgan fingerprint density at radius 1 is 1.89 bits per heavy atom. The Hall–Kier alpha value is -0.110. The van der Waals surface area contributed by atoms with Crippen molar-refractivity contribution in [1.29, 1.82) is 0 Å². The lowest BCUT2D eigenvalue weighted by molar-refractivity contribution is -0.117. The van der Waals surface area contributed by atoms with Crippen LogP contribution in [0.4, 0.5) is 0 Å². The highest BCUT2D eigenvalue weighted by Crippen LogP contribution is 1.86. The zero-order valence-corrected chi connectivity index (χ0v) is 5.95. The molecule has 0 aliphatic heterocycles. The summed E-state index contributed by atoms with van der Waals surface area (Å²) in [6.07, 6.45) is 0. The third-order valence-corrected chi connectivity index (χ3v) is 1.46. The summed E-state index contributed by atoms with van der Waals surface area (Å²) in [5, 5.41) is -1.14. The number of thiol groups is 1. The van der Waals surface area contributed by atoms with Crippen molar-refractivity contribution in [2.45, 2.75) is 5.37 Å². The number of carbonyl (C=O) groups excluding carboxylic acids is 1. The van der Waals surface area contributed by atoms with Gasteiger partial charge in [-0.15, -0.1) is 12.6 Å². The predicted octanol–water partition coefficient (Wildman–Crippen LogP) is -1.89. The van der Waals surface area contributed by atoms with Gasteiger partial charge in [0, 0.05) is 11.3 Å². The first-order valence-corrected chi connectivity index (χ1v) is 3.46. The smallest absolute Gasteiger partial charge is 0.245 e. The maximum atomic E-state index is 10.0. The van der Waals surface area contributed by atoms with E-state index in [1.165, 1.54) is 0 Å². The molecule has 1 amide bonds. The number of primary amides is 1. The number of nitrogens with two attached hydrogens (primary N) is 1. The molecule has 2 atom stereocenters. The first-order valence-electron chi connectivity index (χ1n) is 1.87. The second-order valence-electron chi connectivity index (χ2n) is 1.16. The van der Waals surface area contributed by atoms with Gasteiger partial charge in [-0.3, -0.25) is 9.00 Å². The summed E-state index contributed by atoms with van der Waals surface area (Å²) in [5.74, 6) is -0.831. The second-order valence-corrected chi connectivity index (χ2v) is 2.38. The van der Waals surface area contributed by atoms with E-state index in [9.17, 15) is 13.6 Å². The molecule has 0 aliphatic rings. The summed E-state index contributed by atoms with van der Waals surface area (Å²) in [6, 6.07) is 0. The van der Waals surface area contributed by atoms with E-state index in [-0.39, 0.29) is 0 Å². The van der Waals surface area contributed by atoms with Crippen molar-refractivity contribution in [3.05, 3.63) is 0 Å². The Bertz CT molecular complexity index is 138. The largest absolute Gasteiger partial charge is 0.760 e. The Balaban J connectivity index is 3.63. The van der Waals surface area contributed by atoms with E-state index in [4.69, 9.17) is 0 Å². The Labute approximate surface area is 59.8 Å². The SMILES string of the molecule is NC(=O)C(S)NS(=O)[O-]. The van der Waals surface area contributed by atoms with Crippen LogP contribution in [0.5, 0.6) is 0 Å². The van der Waals surface area contributed by atoms with Gasteiger partial charge in [-0.05, 0) is 0 Å². The molecule has 0 radical (unpaired) electrons. The van der Waals surface area contributed by atoms with Gasteiger partial charge in [-0.1, -0.05) is 0 Å². The van der Waals surface area contributed by atoms with Crippen molar-refractivity contribution in [1.82, 2.24) is 4.72 Å². The average molecular weight is 169 g/mol. The van der Waals surface area contributed by atoms with Gasteiger partial charge in [0.05, 0.1) is 0 Å². The third kappa shape index (κ3) is 4.40. The lowest BCUT2D eigenvalue weighted by Crippen LogP contribution is -2.37. The van der Waals surface area contributed by atoms with Gasteiger partial charge in [0.25, 0.3) is 0 Å². The molecule has 0 saturated carbocycles. The summed E-state index contributed by atoms with van der Waals surface area (Å²) in [6.45, 7) is 0. The molecule has 9 heavy (non-hydrogen) atoms. The minimum Gasteiger partial charge on any atom is -0.760 e. The first kappa shape index (κ1) is 8.89. The van der Waals surface area contributed by atoms with Crippen LogP contribution in [0.1, 0.15) is 0 Å². The van der Waals surface area contributed by atoms with E-state index in [1.807, 2.05) is 0 Å². The molecule has 5 nitrogen and oxygen atoms in total. The quantitative estimate of drug-likeness (QED) is 0.262. The van der Waals surface area contributed by atoms with Crippen LogP contribution in [0.15, 0.2) is 0 Å². The lowest BCUT2D eigenvalue weighted by atomic mass is 10.6. The van der Waals surface area contributed by atoms with E-state index in [0.717, 1.165) is 0 Å². The highest BCUT2D eigenvalue weighted by Gasteiger charge is 2.06. The lowest BCUT2D eigenvalue weighted by Gasteiger charge is -2.09. The minimum absolute atomic E-state index is 0.831. The number of amides is 1. The van der Waals surface area contributed by atoms with Crippen LogP contribution in [-0.2, 0) is 16.1 Å². The van der Waals surface area contributed by atoms with Crippen molar-refractivity contribution in [3.8, 4) is 0 Å². The fraction of sp³-hybridized carbons (Fsp3) is 0.500. The van der Waals surface area contributed by atoms with Gasteiger partial charge in [0.15, 0.2) is 0 Å². The maximum absolute atomic E-state index is 10.0. The van der Waals surface area contributed by atoms with Crippen molar-refractivity contribution in [3.63, 3.8) is 0 Å². The van der Waals surface area contributed by atoms with E-state index in [2.05, 4.69) is 18.4 Å². The summed E-state index contributed by atoms with van der Waals surface area (Å²) in [4.78, 5) is 10.0. The number of carbonyl (C=O) groups is 1. The molecule has 0 fully saturated rings. The summed E-state index contributed by atoms with van der Waals surface area (Å²) >= 11 is 0.992. The van der Waals surface area contributed by atoms with Crippen LogP contribution in [0.3, 0.4) is 0 Å². The molecular weight excluding hydrogens is 164 g/mol. The standard InChI is InChI=1S/C2H6N2O3S2/c3-1(5)2(8)4-9(6)7/h2,4,8H,(H2,3,5)(H,6,7)/p-1. The van der Waals surface area contributed by atoms with Crippen LogP contribution in [0.25, 0.3) is 0 Å². The highest BCUT2D eigenvalue weighted by atomic mass is 32.2. The molecule has 2 unspecified atom stereocenters. The average Bonchev–Trinajstić information content (AvgIpc) is 1.63. The molecular formula is C2H5N2O3S2-. The van der Waals surface area contributed by atoms with Gasteiger partial charge in [0.2, 0.25) is 5.91 Å². The second kappa shape index (κ2) is 3.83. The molecule has 0 aliphatic carbocycles. The number of rotatable bonds is 3. The fourth-order valence-electron chi connectivity index (χ4n) is 0.149. The normalized spacial score (nSPS) is 16.7. The van der Waals surface area contributed by atoms with Crippen LogP contribution in [-0.4, -0.2) is 20.0 Å². The Morgan fingerprint density at radius 3 is 2.44 bits per heavy atom. The third-order valence-electron chi connectivity index (χ3n) is 0.477. The number of hydrogen-bond acceptors (Lipinski definition) is 4. The van der Waals surface area contributed by atoms with Crippen LogP contribution < -0.4 is 10.5 Å². The summed E-state index contributed by atoms with van der Waals surface area (Å²) in [7, 11) is 0. The number of hydrogen-bond donors (Lipinski definition) is 3. The monoisotopic (exact) mass is 169 g/mol. The fourth-order valence-corrected chi connectivity index (χ4v) is 0.706. The van der Waals surface area contributed by atoms with Crippen LogP contribution >= 0.6 is 12.6 Å². The highest BCUT2D eigenvalue weighted by molar-refractivity contribution is 7.83. The molecule has 0 spiro atoms. The maximum Gasteiger partial charge on any atom is 0.245 e. The molecule has 0 aromatic heterocycles. The number of nitrogens with one attached hydrogen (secondary N) is 1. The zero-order chi connectivity index (χ0) is 7.44. The van der Waals surface area contributed by atoms with E-state index in [0.29, 0.717) is 0 Å². The van der Waals surface area contributed by atoms with Gasteiger partial charge in [-0.25, -0.2) is 4.72 Å². The molecule has 0 aromatic carbocycles.